The smallest absolute Gasteiger partial charge is 0.395 e. The van der Waals surface area contributed by atoms with Crippen molar-refractivity contribution >= 4 is 16.7 Å². The van der Waals surface area contributed by atoms with Crippen LogP contribution in [-0.4, -0.2) is 16.6 Å². The average molecular weight is 411 g/mol. The maximum atomic E-state index is 13.3. The predicted octanol–water partition coefficient (Wildman–Crippen LogP) is 5.56. The van der Waals surface area contributed by atoms with Crippen molar-refractivity contribution in [3.05, 3.63) is 59.8 Å². The molecule has 0 N–H and O–H groups in total. The van der Waals surface area contributed by atoms with E-state index in [-0.39, 0.29) is 22.8 Å². The minimum Gasteiger partial charge on any atom is -0.395 e. The summed E-state index contributed by atoms with van der Waals surface area (Å²) in [5.41, 5.74) is 2.16. The van der Waals surface area contributed by atoms with E-state index in [1.165, 1.54) is 12.1 Å². The van der Waals surface area contributed by atoms with Crippen molar-refractivity contribution in [2.45, 2.75) is 57.3 Å². The van der Waals surface area contributed by atoms with Gasteiger partial charge in [-0.05, 0) is 80.5 Å². The van der Waals surface area contributed by atoms with Gasteiger partial charge in [-0.25, -0.2) is 0 Å². The number of carbonyl (C=O) groups excluding carboxylic acids is 1. The molecule has 2 aromatic carbocycles. The van der Waals surface area contributed by atoms with E-state index in [0.29, 0.717) is 24.8 Å². The molecule has 2 heterocycles. The van der Waals surface area contributed by atoms with Crippen molar-refractivity contribution in [2.75, 3.05) is 0 Å². The molecule has 1 aliphatic carbocycles. The number of rotatable bonds is 4. The number of aromatic nitrogens is 1. The van der Waals surface area contributed by atoms with Gasteiger partial charge in [0.05, 0.1) is 5.41 Å². The average Bonchev–Trinajstić information content (AvgIpc) is 3.24. The van der Waals surface area contributed by atoms with Crippen LogP contribution in [0, 0.1) is 0 Å². The van der Waals surface area contributed by atoms with Gasteiger partial charge in [-0.2, -0.15) is 0 Å². The van der Waals surface area contributed by atoms with E-state index >= 15 is 0 Å². The number of ketones is 1. The minimum absolute atomic E-state index is 0.000751. The summed E-state index contributed by atoms with van der Waals surface area (Å²) in [5.74, 6) is 0.0880. The molecule has 0 amide bonds. The van der Waals surface area contributed by atoms with Crippen LogP contribution in [0.2, 0.25) is 0 Å². The molecule has 0 saturated heterocycles. The first-order valence-corrected chi connectivity index (χ1v) is 10.1. The van der Waals surface area contributed by atoms with Crippen molar-refractivity contribution in [1.82, 2.24) is 4.57 Å². The fourth-order valence-corrected chi connectivity index (χ4v) is 4.34. The Hall–Kier alpha value is -2.89. The first kappa shape index (κ1) is 19.1. The van der Waals surface area contributed by atoms with Gasteiger partial charge in [-0.3, -0.25) is 4.79 Å². The number of halogens is 2. The van der Waals surface area contributed by atoms with Gasteiger partial charge < -0.3 is 14.0 Å². The zero-order valence-corrected chi connectivity index (χ0v) is 17.2. The molecule has 0 bridgehead atoms. The van der Waals surface area contributed by atoms with Crippen LogP contribution in [0.1, 0.15) is 44.7 Å². The van der Waals surface area contributed by atoms with Crippen LogP contribution in [0.3, 0.4) is 0 Å². The molecule has 6 heteroatoms. The first-order chi connectivity index (χ1) is 14.1. The third-order valence-electron chi connectivity index (χ3n) is 6.08. The lowest BCUT2D eigenvalue weighted by atomic mass is 9.87. The summed E-state index contributed by atoms with van der Waals surface area (Å²) < 4.78 is 37.9. The van der Waals surface area contributed by atoms with Crippen molar-refractivity contribution in [3.8, 4) is 11.5 Å². The van der Waals surface area contributed by atoms with Gasteiger partial charge in [0.15, 0.2) is 11.5 Å². The number of alkyl halides is 2. The zero-order chi connectivity index (χ0) is 21.3. The zero-order valence-electron chi connectivity index (χ0n) is 17.2. The molecule has 156 valence electrons. The van der Waals surface area contributed by atoms with Crippen LogP contribution >= 0.6 is 0 Å². The molecule has 1 fully saturated rings. The summed E-state index contributed by atoms with van der Waals surface area (Å²) in [5, 5.41) is 1.10. The highest BCUT2D eigenvalue weighted by atomic mass is 19.3. The van der Waals surface area contributed by atoms with Gasteiger partial charge in [0, 0.05) is 23.7 Å². The van der Waals surface area contributed by atoms with Crippen molar-refractivity contribution in [3.63, 3.8) is 0 Å². The van der Waals surface area contributed by atoms with E-state index in [0.717, 1.165) is 16.5 Å². The SMILES string of the molecule is CC(C)(C)n1ccc2cc(CC(=O)C3(c4ccc5c(c4)OC(F)(F)O5)CC3)ccc21. The summed E-state index contributed by atoms with van der Waals surface area (Å²) >= 11 is 0. The fraction of sp³-hybridized carbons (Fsp3) is 0.375. The van der Waals surface area contributed by atoms with Crippen LogP contribution in [0.4, 0.5) is 8.78 Å². The van der Waals surface area contributed by atoms with Gasteiger partial charge in [-0.1, -0.05) is 12.1 Å². The van der Waals surface area contributed by atoms with Crippen LogP contribution in [0.5, 0.6) is 11.5 Å². The van der Waals surface area contributed by atoms with Gasteiger partial charge in [0.25, 0.3) is 0 Å². The molecular formula is C24H23F2NO3. The Bertz CT molecular complexity index is 1170. The summed E-state index contributed by atoms with van der Waals surface area (Å²) in [4.78, 5) is 13.2. The molecule has 2 aliphatic rings. The lowest BCUT2D eigenvalue weighted by Crippen LogP contribution is -2.26. The third-order valence-corrected chi connectivity index (χ3v) is 6.08. The fourth-order valence-electron chi connectivity index (χ4n) is 4.34. The Morgan fingerprint density at radius 1 is 1.03 bits per heavy atom. The topological polar surface area (TPSA) is 40.5 Å². The molecule has 3 aromatic rings. The van der Waals surface area contributed by atoms with E-state index in [2.05, 4.69) is 59.2 Å². The molecule has 0 spiro atoms. The summed E-state index contributed by atoms with van der Waals surface area (Å²) in [6.45, 7) is 6.46. The normalized spacial score (nSPS) is 18.6. The highest BCUT2D eigenvalue weighted by molar-refractivity contribution is 5.95. The lowest BCUT2D eigenvalue weighted by Gasteiger charge is -2.22. The summed E-state index contributed by atoms with van der Waals surface area (Å²) in [6.07, 6.45) is 0.151. The Morgan fingerprint density at radius 2 is 1.77 bits per heavy atom. The molecule has 4 nitrogen and oxygen atoms in total. The Labute approximate surface area is 173 Å². The van der Waals surface area contributed by atoms with Gasteiger partial charge in [0.2, 0.25) is 0 Å². The Morgan fingerprint density at radius 3 is 2.47 bits per heavy atom. The molecule has 0 radical (unpaired) electrons. The number of Topliss-reactive ketones (excluding diaryl/α,β-unsaturated/α-hetero) is 1. The number of fused-ring (bicyclic) bond motifs is 2. The first-order valence-electron chi connectivity index (χ1n) is 10.1. The quantitative estimate of drug-likeness (QED) is 0.564. The van der Waals surface area contributed by atoms with Gasteiger partial charge in [-0.15, -0.1) is 8.78 Å². The molecule has 1 saturated carbocycles. The molecule has 0 atom stereocenters. The standard InChI is InChI=1S/C24H23F2NO3/c1-22(2,3)27-11-8-16-12-15(4-6-18(16)27)13-21(28)23(9-10-23)17-5-7-19-20(14-17)30-24(25,26)29-19/h4-8,11-12,14H,9-10,13H2,1-3H3. The number of benzene rings is 2. The number of carbonyl (C=O) groups is 1. The predicted molar refractivity (Wildman–Crippen MR) is 109 cm³/mol. The van der Waals surface area contributed by atoms with Gasteiger partial charge in [0.1, 0.15) is 5.78 Å². The highest BCUT2D eigenvalue weighted by Gasteiger charge is 2.52. The molecule has 5 rings (SSSR count). The van der Waals surface area contributed by atoms with E-state index in [1.807, 2.05) is 6.07 Å². The van der Waals surface area contributed by atoms with Crippen LogP contribution in [0.15, 0.2) is 48.7 Å². The minimum atomic E-state index is -3.65. The highest BCUT2D eigenvalue weighted by Crippen LogP contribution is 2.52. The summed E-state index contributed by atoms with van der Waals surface area (Å²) in [7, 11) is 0. The summed E-state index contributed by atoms with van der Waals surface area (Å²) in [6, 6.07) is 12.9. The Balaban J connectivity index is 1.39. The van der Waals surface area contributed by atoms with E-state index in [1.54, 1.807) is 6.07 Å². The van der Waals surface area contributed by atoms with Crippen molar-refractivity contribution in [2.24, 2.45) is 0 Å². The van der Waals surface area contributed by atoms with Crippen molar-refractivity contribution in [1.29, 1.82) is 0 Å². The monoisotopic (exact) mass is 411 g/mol. The molecule has 0 unspecified atom stereocenters. The number of ether oxygens (including phenoxy) is 2. The lowest BCUT2D eigenvalue weighted by molar-refractivity contribution is -0.286. The van der Waals surface area contributed by atoms with Crippen LogP contribution in [-0.2, 0) is 22.2 Å². The van der Waals surface area contributed by atoms with Crippen LogP contribution < -0.4 is 9.47 Å². The molecule has 1 aliphatic heterocycles. The number of hydrogen-bond acceptors (Lipinski definition) is 3. The van der Waals surface area contributed by atoms with Gasteiger partial charge >= 0.3 is 6.29 Å². The molecular weight excluding hydrogens is 388 g/mol. The molecule has 30 heavy (non-hydrogen) atoms. The third kappa shape index (κ3) is 3.06. The number of hydrogen-bond donors (Lipinski definition) is 0. The second-order valence-electron chi connectivity index (χ2n) is 9.26. The number of nitrogens with zero attached hydrogens (tertiary/aromatic N) is 1. The molecule has 1 aromatic heterocycles. The Kier molecular flexibility index (Phi) is 3.86. The maximum absolute atomic E-state index is 13.3. The maximum Gasteiger partial charge on any atom is 0.586 e. The van der Waals surface area contributed by atoms with E-state index < -0.39 is 11.7 Å². The largest absolute Gasteiger partial charge is 0.586 e. The van der Waals surface area contributed by atoms with Crippen molar-refractivity contribution < 1.29 is 23.0 Å². The second kappa shape index (κ2) is 6.06. The second-order valence-corrected chi connectivity index (χ2v) is 9.26. The van der Waals surface area contributed by atoms with Crippen LogP contribution in [0.25, 0.3) is 10.9 Å². The van der Waals surface area contributed by atoms with E-state index in [9.17, 15) is 13.6 Å². The van der Waals surface area contributed by atoms with E-state index in [4.69, 9.17) is 0 Å².